The highest BCUT2D eigenvalue weighted by Gasteiger charge is 2.21. The monoisotopic (exact) mass is 199 g/mol. The summed E-state index contributed by atoms with van der Waals surface area (Å²) in [5, 5.41) is 1.64. The van der Waals surface area contributed by atoms with Crippen molar-refractivity contribution in [2.75, 3.05) is 14.1 Å². The summed E-state index contributed by atoms with van der Waals surface area (Å²) in [5.74, 6) is -0.161. The highest BCUT2D eigenvalue weighted by atomic mass is 32.2. The lowest BCUT2D eigenvalue weighted by atomic mass is 10.4. The molecule has 0 radical (unpaired) electrons. The van der Waals surface area contributed by atoms with Crippen molar-refractivity contribution >= 4 is 21.5 Å². The van der Waals surface area contributed by atoms with Gasteiger partial charge < -0.3 is 4.90 Å². The molecule has 1 atom stereocenters. The van der Waals surface area contributed by atoms with Gasteiger partial charge in [-0.25, -0.2) is 9.78 Å². The predicted molar refractivity (Wildman–Crippen MR) is 50.7 cm³/mol. The fourth-order valence-corrected chi connectivity index (χ4v) is 1.77. The van der Waals surface area contributed by atoms with E-state index in [4.69, 9.17) is 0 Å². The van der Waals surface area contributed by atoms with Crippen molar-refractivity contribution in [2.24, 2.45) is 0 Å². The first-order valence-electron chi connectivity index (χ1n) is 3.76. The van der Waals surface area contributed by atoms with Crippen LogP contribution in [-0.2, 0) is 4.79 Å². The molecule has 0 aliphatic carbocycles. The molecule has 1 unspecified atom stereocenters. The molecule has 0 saturated carbocycles. The number of amides is 1. The maximum Gasteiger partial charge on any atom is 0.366 e. The first-order chi connectivity index (χ1) is 6.11. The largest absolute Gasteiger partial charge is 0.366 e. The number of hydrogen-bond donors (Lipinski definition) is 0. The second-order valence-electron chi connectivity index (χ2n) is 2.75. The summed E-state index contributed by atoms with van der Waals surface area (Å²) in [6, 6.07) is 0. The lowest BCUT2D eigenvalue weighted by Crippen LogP contribution is -2.23. The fourth-order valence-electron chi connectivity index (χ4n) is 0.736. The molecule has 0 aliphatic heterocycles. The predicted octanol–water partition coefficient (Wildman–Crippen LogP) is 0.949. The molecular formula is C8H11N2O2S+. The van der Waals surface area contributed by atoms with Crippen LogP contribution in [0.5, 0.6) is 0 Å². The Hall–Kier alpha value is -1.23. The lowest BCUT2D eigenvalue weighted by molar-refractivity contribution is -0.127. The Bertz CT molecular complexity index is 306. The zero-order valence-corrected chi connectivity index (χ0v) is 8.37. The normalized spacial score (nSPS) is 11.1. The average Bonchev–Trinajstić information content (AvgIpc) is 2.55. The van der Waals surface area contributed by atoms with Gasteiger partial charge in [0.15, 0.2) is 5.38 Å². The molecular weight excluding hydrogens is 188 g/mol. The van der Waals surface area contributed by atoms with Crippen LogP contribution >= 0.6 is 10.5 Å². The van der Waals surface area contributed by atoms with E-state index in [1.54, 1.807) is 31.2 Å². The highest BCUT2D eigenvalue weighted by Crippen LogP contribution is 2.17. The van der Waals surface area contributed by atoms with Gasteiger partial charge in [0.2, 0.25) is 11.4 Å². The fraction of sp³-hybridized carbons (Fsp3) is 0.375. The molecule has 70 valence electrons. The van der Waals surface area contributed by atoms with E-state index >= 15 is 0 Å². The van der Waals surface area contributed by atoms with E-state index < -0.39 is 10.5 Å². The Morgan fingerprint density at radius 2 is 2.15 bits per heavy atom. The van der Waals surface area contributed by atoms with Crippen LogP contribution in [0.1, 0.15) is 11.2 Å². The maximum atomic E-state index is 11.4. The molecule has 1 aromatic heterocycles. The van der Waals surface area contributed by atoms with Crippen molar-refractivity contribution in [3.05, 3.63) is 17.1 Å². The summed E-state index contributed by atoms with van der Waals surface area (Å²) < 4.78 is 0. The van der Waals surface area contributed by atoms with E-state index in [9.17, 15) is 9.59 Å². The van der Waals surface area contributed by atoms with Crippen LogP contribution in [0, 0.1) is 0 Å². The van der Waals surface area contributed by atoms with Gasteiger partial charge in [-0.1, -0.05) is 0 Å². The van der Waals surface area contributed by atoms with E-state index in [0.29, 0.717) is 0 Å². The van der Waals surface area contributed by atoms with Crippen LogP contribution in [0.15, 0.2) is 17.1 Å². The molecule has 0 spiro atoms. The molecule has 0 N–H and O–H groups in total. The van der Waals surface area contributed by atoms with Crippen molar-refractivity contribution in [3.8, 4) is 0 Å². The molecule has 4 nitrogen and oxygen atoms in total. The van der Waals surface area contributed by atoms with Crippen LogP contribution < -0.4 is 0 Å². The SMILES string of the molecule is CN(C)C(=O)CC(=O)[s+]1ccnc1. The van der Waals surface area contributed by atoms with E-state index in [0.717, 1.165) is 0 Å². The minimum absolute atomic E-state index is 0.0352. The zero-order valence-electron chi connectivity index (χ0n) is 7.56. The van der Waals surface area contributed by atoms with Crippen LogP contribution in [-0.4, -0.2) is 35.0 Å². The van der Waals surface area contributed by atoms with Gasteiger partial charge in [0.25, 0.3) is 0 Å². The summed E-state index contributed by atoms with van der Waals surface area (Å²) in [5.41, 5.74) is 1.57. The first-order valence-corrected chi connectivity index (χ1v) is 5.11. The molecule has 0 aromatic carbocycles. The molecule has 5 heteroatoms. The van der Waals surface area contributed by atoms with Crippen molar-refractivity contribution < 1.29 is 9.59 Å². The number of hydrogen-bond acceptors (Lipinski definition) is 3. The number of carbonyl (C=O) groups excluding carboxylic acids is 2. The molecule has 13 heavy (non-hydrogen) atoms. The molecule has 1 aromatic rings. The van der Waals surface area contributed by atoms with Crippen LogP contribution in [0.2, 0.25) is 0 Å². The second-order valence-corrected chi connectivity index (χ2v) is 4.43. The zero-order chi connectivity index (χ0) is 9.84. The summed E-state index contributed by atoms with van der Waals surface area (Å²) in [7, 11) is 2.70. The second kappa shape index (κ2) is 4.13. The van der Waals surface area contributed by atoms with Crippen molar-refractivity contribution in [1.29, 1.82) is 0 Å². The Morgan fingerprint density at radius 3 is 2.62 bits per heavy atom. The smallest absolute Gasteiger partial charge is 0.348 e. The van der Waals surface area contributed by atoms with E-state index in [1.807, 2.05) is 0 Å². The first kappa shape index (κ1) is 9.85. The van der Waals surface area contributed by atoms with Gasteiger partial charge in [-0.15, -0.1) is 0 Å². The standard InChI is InChI=1S/C8H11N2O2S/c1-10(2)7(11)5-8(12)13-4-3-9-6-13/h3-4,6H,5H2,1-2H3/q+1. The Balaban J connectivity index is 2.57. The van der Waals surface area contributed by atoms with E-state index in [2.05, 4.69) is 4.98 Å². The van der Waals surface area contributed by atoms with Gasteiger partial charge in [-0.05, 0) is 0 Å². The van der Waals surface area contributed by atoms with Crippen molar-refractivity contribution in [1.82, 2.24) is 9.88 Å². The quantitative estimate of drug-likeness (QED) is 0.538. The molecule has 1 amide bonds. The summed E-state index contributed by atoms with van der Waals surface area (Å²) in [4.78, 5) is 27.7. The Kier molecular flexibility index (Phi) is 3.13. The maximum absolute atomic E-state index is 11.4. The number of thiazole rings is 1. The van der Waals surface area contributed by atoms with Crippen LogP contribution in [0.3, 0.4) is 0 Å². The lowest BCUT2D eigenvalue weighted by Gasteiger charge is -2.06. The third-order valence-electron chi connectivity index (χ3n) is 1.53. The van der Waals surface area contributed by atoms with Crippen LogP contribution in [0.4, 0.5) is 0 Å². The van der Waals surface area contributed by atoms with Gasteiger partial charge in [-0.3, -0.25) is 4.79 Å². The van der Waals surface area contributed by atoms with Gasteiger partial charge in [-0.2, -0.15) is 0 Å². The molecule has 0 aliphatic rings. The topological polar surface area (TPSA) is 50.3 Å². The van der Waals surface area contributed by atoms with Crippen molar-refractivity contribution in [3.63, 3.8) is 0 Å². The van der Waals surface area contributed by atoms with Gasteiger partial charge in [0.1, 0.15) is 6.42 Å². The molecule has 0 fully saturated rings. The molecule has 1 heterocycles. The van der Waals surface area contributed by atoms with E-state index in [1.165, 1.54) is 4.90 Å². The van der Waals surface area contributed by atoms with Crippen molar-refractivity contribution in [2.45, 2.75) is 6.42 Å². The van der Waals surface area contributed by atoms with Gasteiger partial charge >= 0.3 is 5.12 Å². The number of aromatic nitrogens is 1. The van der Waals surface area contributed by atoms with E-state index in [-0.39, 0.29) is 17.4 Å². The number of rotatable bonds is 3. The Labute approximate surface area is 79.2 Å². The summed E-state index contributed by atoms with van der Waals surface area (Å²) >= 11 is 0. The highest BCUT2D eigenvalue weighted by molar-refractivity contribution is 7.49. The number of nitrogens with zero attached hydrogens (tertiary/aromatic N) is 2. The summed E-state index contributed by atoms with van der Waals surface area (Å²) in [6.07, 6.45) is 1.55. The molecule has 1 rings (SSSR count). The van der Waals surface area contributed by atoms with Gasteiger partial charge in [0, 0.05) is 14.1 Å². The average molecular weight is 199 g/mol. The number of carbonyl (C=O) groups is 2. The van der Waals surface area contributed by atoms with Gasteiger partial charge in [0.05, 0.1) is 16.7 Å². The van der Waals surface area contributed by atoms with Crippen LogP contribution in [0.25, 0.3) is 0 Å². The molecule has 0 bridgehead atoms. The third-order valence-corrected chi connectivity index (χ3v) is 2.96. The minimum Gasteiger partial charge on any atom is -0.348 e. The minimum atomic E-state index is -0.568. The molecule has 0 saturated heterocycles. The third kappa shape index (κ3) is 2.62. The summed E-state index contributed by atoms with van der Waals surface area (Å²) in [6.45, 7) is 0. The Morgan fingerprint density at radius 1 is 1.46 bits per heavy atom.